The molecule has 0 aliphatic rings. The number of imidazole rings is 1. The van der Waals surface area contributed by atoms with Gasteiger partial charge in [-0.1, -0.05) is 6.07 Å². The van der Waals surface area contributed by atoms with Crippen LogP contribution in [0.1, 0.15) is 11.1 Å². The summed E-state index contributed by atoms with van der Waals surface area (Å²) in [6.45, 7) is 1.76. The number of hydrogen-bond donors (Lipinski definition) is 4. The zero-order chi connectivity index (χ0) is 23.8. The molecule has 2 heterocycles. The second-order valence-corrected chi connectivity index (χ2v) is 8.13. The number of benzene rings is 2. The van der Waals surface area contributed by atoms with Gasteiger partial charge >= 0.3 is 17.9 Å². The Balaban J connectivity index is 1.56. The Morgan fingerprint density at radius 3 is 2.64 bits per heavy atom. The molecule has 0 spiro atoms. The molecule has 4 aromatic rings. The van der Waals surface area contributed by atoms with Crippen LogP contribution >= 0.6 is 22.6 Å². The number of hydrogen-bond acceptors (Lipinski definition) is 4. The third-order valence-electron chi connectivity index (χ3n) is 4.58. The maximum Gasteiger partial charge on any atom is 0.416 e. The summed E-state index contributed by atoms with van der Waals surface area (Å²) >= 11 is 2.07. The number of nitrogens with zero attached hydrogens (tertiary/aromatic N) is 1. The Morgan fingerprint density at radius 1 is 1.09 bits per heavy atom. The highest BCUT2D eigenvalue weighted by molar-refractivity contribution is 14.1. The number of carbonyl (C=O) groups excluding carboxylic acids is 1. The summed E-state index contributed by atoms with van der Waals surface area (Å²) in [6, 6.07) is 8.55. The van der Waals surface area contributed by atoms with Gasteiger partial charge in [0.15, 0.2) is 11.4 Å². The van der Waals surface area contributed by atoms with Crippen molar-refractivity contribution in [3.8, 4) is 11.5 Å². The van der Waals surface area contributed by atoms with Gasteiger partial charge in [0.1, 0.15) is 11.3 Å². The van der Waals surface area contributed by atoms with Crippen LogP contribution < -0.4 is 21.1 Å². The van der Waals surface area contributed by atoms with Crippen molar-refractivity contribution in [3.63, 3.8) is 0 Å². The number of ether oxygens (including phenoxy) is 1. The number of carbonyl (C=O) groups is 1. The summed E-state index contributed by atoms with van der Waals surface area (Å²) in [6.07, 6.45) is -3.04. The molecule has 4 rings (SSSR count). The third kappa shape index (κ3) is 5.10. The molecule has 12 heteroatoms. The summed E-state index contributed by atoms with van der Waals surface area (Å²) in [7, 11) is 0. The Hall–Kier alpha value is -3.55. The van der Waals surface area contributed by atoms with E-state index in [9.17, 15) is 22.8 Å². The summed E-state index contributed by atoms with van der Waals surface area (Å²) in [4.78, 5) is 33.2. The number of rotatable bonds is 4. The van der Waals surface area contributed by atoms with Gasteiger partial charge < -0.3 is 20.4 Å². The van der Waals surface area contributed by atoms with E-state index in [1.54, 1.807) is 25.1 Å². The zero-order valence-electron chi connectivity index (χ0n) is 16.8. The number of fused-ring (bicyclic) bond motifs is 1. The van der Waals surface area contributed by atoms with E-state index >= 15 is 0 Å². The minimum Gasteiger partial charge on any atom is -0.454 e. The molecule has 0 aliphatic heterocycles. The fourth-order valence-corrected chi connectivity index (χ4v) is 3.77. The van der Waals surface area contributed by atoms with Gasteiger partial charge in [-0.05, 0) is 59.3 Å². The highest BCUT2D eigenvalue weighted by Crippen LogP contribution is 2.34. The topological polar surface area (TPSA) is 112 Å². The predicted molar refractivity (Wildman–Crippen MR) is 125 cm³/mol. The fourth-order valence-electron chi connectivity index (χ4n) is 3.04. The highest BCUT2D eigenvalue weighted by atomic mass is 127. The molecule has 33 heavy (non-hydrogen) atoms. The standard InChI is InChI=1S/C21H15F3IN5O3/c1-10-7-13(25)16(33-15-5-6-26-18-17(15)29-20(32)30-18)9-14(10)28-19(31)27-12-4-2-3-11(8-12)21(22,23)24/h2-9H,1H3,(H2,27,28,31)(H2,26,29,30,32). The first-order chi connectivity index (χ1) is 15.6. The van der Waals surface area contributed by atoms with Crippen LogP contribution in [0.2, 0.25) is 0 Å². The van der Waals surface area contributed by atoms with E-state index in [2.05, 4.69) is 48.2 Å². The quantitative estimate of drug-likeness (QED) is 0.239. The molecule has 8 nitrogen and oxygen atoms in total. The fraction of sp³-hybridized carbons (Fsp3) is 0.0952. The maximum absolute atomic E-state index is 12.9. The lowest BCUT2D eigenvalue weighted by atomic mass is 10.2. The van der Waals surface area contributed by atoms with Crippen molar-refractivity contribution in [3.05, 3.63) is 73.8 Å². The van der Waals surface area contributed by atoms with E-state index in [1.807, 2.05) is 0 Å². The molecule has 0 atom stereocenters. The van der Waals surface area contributed by atoms with Crippen LogP contribution in [0.15, 0.2) is 53.5 Å². The number of aromatic nitrogens is 3. The minimum atomic E-state index is -4.52. The highest BCUT2D eigenvalue weighted by Gasteiger charge is 2.30. The van der Waals surface area contributed by atoms with Crippen LogP contribution in [0, 0.1) is 10.5 Å². The molecule has 0 saturated heterocycles. The predicted octanol–water partition coefficient (Wildman–Crippen LogP) is 5.62. The summed E-state index contributed by atoms with van der Waals surface area (Å²) in [5.41, 5.74) is 0.518. The van der Waals surface area contributed by atoms with Crippen molar-refractivity contribution < 1.29 is 22.7 Å². The molecule has 0 unspecified atom stereocenters. The van der Waals surface area contributed by atoms with Crippen molar-refractivity contribution in [2.24, 2.45) is 0 Å². The first-order valence-electron chi connectivity index (χ1n) is 9.40. The number of halogens is 4. The zero-order valence-corrected chi connectivity index (χ0v) is 19.0. The molecule has 0 fully saturated rings. The van der Waals surface area contributed by atoms with E-state index in [0.29, 0.717) is 33.9 Å². The first kappa shape index (κ1) is 22.6. The number of aromatic amines is 2. The Labute approximate surface area is 197 Å². The van der Waals surface area contributed by atoms with Gasteiger partial charge in [-0.25, -0.2) is 14.6 Å². The molecule has 0 radical (unpaired) electrons. The first-order valence-corrected chi connectivity index (χ1v) is 10.5. The van der Waals surface area contributed by atoms with E-state index in [1.165, 1.54) is 18.3 Å². The van der Waals surface area contributed by atoms with E-state index in [4.69, 9.17) is 4.74 Å². The molecule has 2 aromatic heterocycles. The number of alkyl halides is 3. The molecule has 0 bridgehead atoms. The molecule has 2 aromatic carbocycles. The molecule has 2 amide bonds. The third-order valence-corrected chi connectivity index (χ3v) is 5.42. The van der Waals surface area contributed by atoms with Crippen LogP contribution in [0.3, 0.4) is 0 Å². The van der Waals surface area contributed by atoms with Gasteiger partial charge in [0, 0.05) is 29.7 Å². The van der Waals surface area contributed by atoms with Crippen LogP contribution in [-0.4, -0.2) is 21.0 Å². The van der Waals surface area contributed by atoms with Crippen molar-refractivity contribution in [2.75, 3.05) is 10.6 Å². The molecule has 170 valence electrons. The SMILES string of the molecule is Cc1cc(I)c(Oc2ccnc3[nH]c(=O)[nH]c23)cc1NC(=O)Nc1cccc(C(F)(F)F)c1. The van der Waals surface area contributed by atoms with E-state index in [0.717, 1.165) is 15.7 Å². The van der Waals surface area contributed by atoms with Crippen LogP contribution in [0.4, 0.5) is 29.3 Å². The second kappa shape index (κ2) is 8.77. The Kier molecular flexibility index (Phi) is 6.01. The largest absolute Gasteiger partial charge is 0.454 e. The lowest BCUT2D eigenvalue weighted by Crippen LogP contribution is -2.20. The lowest BCUT2D eigenvalue weighted by molar-refractivity contribution is -0.137. The van der Waals surface area contributed by atoms with Gasteiger partial charge in [-0.15, -0.1) is 0 Å². The Bertz CT molecular complexity index is 1410. The van der Waals surface area contributed by atoms with E-state index in [-0.39, 0.29) is 5.69 Å². The van der Waals surface area contributed by atoms with Crippen LogP contribution in [0.25, 0.3) is 11.2 Å². The van der Waals surface area contributed by atoms with Gasteiger partial charge in [0.25, 0.3) is 0 Å². The smallest absolute Gasteiger partial charge is 0.416 e. The van der Waals surface area contributed by atoms with Gasteiger partial charge in [0.05, 0.1) is 9.13 Å². The summed E-state index contributed by atoms with van der Waals surface area (Å²) in [5, 5.41) is 5.02. The number of H-pyrrole nitrogens is 2. The summed E-state index contributed by atoms with van der Waals surface area (Å²) in [5.74, 6) is 0.740. The van der Waals surface area contributed by atoms with E-state index < -0.39 is 23.5 Å². The van der Waals surface area contributed by atoms with Crippen molar-refractivity contribution in [1.82, 2.24) is 15.0 Å². The molecular formula is C21H15F3IN5O3. The number of amides is 2. The Morgan fingerprint density at radius 2 is 1.88 bits per heavy atom. The van der Waals surface area contributed by atoms with Crippen molar-refractivity contribution in [1.29, 1.82) is 0 Å². The van der Waals surface area contributed by atoms with Crippen molar-refractivity contribution >= 4 is 51.2 Å². The van der Waals surface area contributed by atoms with Crippen LogP contribution in [-0.2, 0) is 6.18 Å². The molecule has 4 N–H and O–H groups in total. The van der Waals surface area contributed by atoms with Gasteiger partial charge in [0.2, 0.25) is 0 Å². The average Bonchev–Trinajstić information content (AvgIpc) is 3.12. The van der Waals surface area contributed by atoms with Gasteiger partial charge in [-0.2, -0.15) is 13.2 Å². The minimum absolute atomic E-state index is 0.00227. The van der Waals surface area contributed by atoms with Crippen molar-refractivity contribution in [2.45, 2.75) is 13.1 Å². The maximum atomic E-state index is 12.9. The number of nitrogens with one attached hydrogen (secondary N) is 4. The summed E-state index contributed by atoms with van der Waals surface area (Å²) < 4.78 is 45.4. The average molecular weight is 569 g/mol. The number of pyridine rings is 1. The molecule has 0 aliphatic carbocycles. The normalized spacial score (nSPS) is 11.4. The number of aryl methyl sites for hydroxylation is 1. The molecular weight excluding hydrogens is 554 g/mol. The second-order valence-electron chi connectivity index (χ2n) is 6.97. The van der Waals surface area contributed by atoms with Gasteiger partial charge in [-0.3, -0.25) is 4.98 Å². The number of urea groups is 1. The molecule has 0 saturated carbocycles. The number of anilines is 2. The monoisotopic (exact) mass is 569 g/mol. The lowest BCUT2D eigenvalue weighted by Gasteiger charge is -2.15. The van der Waals surface area contributed by atoms with Crippen LogP contribution in [0.5, 0.6) is 11.5 Å².